The van der Waals surface area contributed by atoms with Crippen molar-refractivity contribution < 1.29 is 4.79 Å². The molecule has 0 unspecified atom stereocenters. The number of aromatic nitrogens is 3. The molecule has 27 heavy (non-hydrogen) atoms. The highest BCUT2D eigenvalue weighted by molar-refractivity contribution is 5.76. The van der Waals surface area contributed by atoms with Gasteiger partial charge in [-0.25, -0.2) is 4.68 Å². The third-order valence-corrected chi connectivity index (χ3v) is 5.34. The molecule has 1 saturated heterocycles. The topological polar surface area (TPSA) is 83.4 Å². The van der Waals surface area contributed by atoms with Gasteiger partial charge >= 0.3 is 0 Å². The van der Waals surface area contributed by atoms with Crippen LogP contribution in [0.1, 0.15) is 18.4 Å². The molecule has 0 spiro atoms. The maximum Gasteiger partial charge on any atom is 0.291 e. The monoisotopic (exact) mass is 361 g/mol. The van der Waals surface area contributed by atoms with Crippen LogP contribution in [0.3, 0.4) is 0 Å². The first-order chi connectivity index (χ1) is 13.1. The zero-order valence-corrected chi connectivity index (χ0v) is 14.8. The van der Waals surface area contributed by atoms with E-state index in [1.54, 1.807) is 27.6 Å². The van der Waals surface area contributed by atoms with Crippen molar-refractivity contribution in [3.8, 4) is 6.07 Å². The van der Waals surface area contributed by atoms with E-state index in [0.29, 0.717) is 31.4 Å². The van der Waals surface area contributed by atoms with Gasteiger partial charge in [0.25, 0.3) is 5.56 Å². The van der Waals surface area contributed by atoms with E-state index in [9.17, 15) is 14.9 Å². The first-order valence-corrected chi connectivity index (χ1v) is 8.90. The van der Waals surface area contributed by atoms with Gasteiger partial charge in [0.2, 0.25) is 5.91 Å². The van der Waals surface area contributed by atoms with Crippen LogP contribution in [0.4, 0.5) is 0 Å². The second-order valence-corrected chi connectivity index (χ2v) is 6.84. The van der Waals surface area contributed by atoms with Crippen molar-refractivity contribution in [1.29, 1.82) is 5.26 Å². The summed E-state index contributed by atoms with van der Waals surface area (Å²) in [5.41, 5.74) is 0.640. The molecule has 0 saturated carbocycles. The summed E-state index contributed by atoms with van der Waals surface area (Å²) >= 11 is 0. The Bertz CT molecular complexity index is 1070. The van der Waals surface area contributed by atoms with Crippen LogP contribution in [0.5, 0.6) is 0 Å². The Morgan fingerprint density at radius 3 is 2.59 bits per heavy atom. The van der Waals surface area contributed by atoms with Gasteiger partial charge in [-0.1, -0.05) is 30.3 Å². The van der Waals surface area contributed by atoms with E-state index < -0.39 is 5.41 Å². The largest absolute Gasteiger partial charge is 0.341 e. The van der Waals surface area contributed by atoms with Crippen molar-refractivity contribution >= 4 is 11.4 Å². The molecule has 0 aliphatic carbocycles. The van der Waals surface area contributed by atoms with Crippen LogP contribution in [0, 0.1) is 11.3 Å². The molecule has 7 nitrogen and oxygen atoms in total. The van der Waals surface area contributed by atoms with Gasteiger partial charge in [-0.05, 0) is 30.5 Å². The summed E-state index contributed by atoms with van der Waals surface area (Å²) in [7, 11) is 0. The second-order valence-electron chi connectivity index (χ2n) is 6.84. The highest BCUT2D eigenvalue weighted by Gasteiger charge is 2.37. The molecule has 7 heteroatoms. The molecule has 0 bridgehead atoms. The Balaban J connectivity index is 1.48. The third-order valence-electron chi connectivity index (χ3n) is 5.34. The highest BCUT2D eigenvalue weighted by atomic mass is 16.2. The van der Waals surface area contributed by atoms with Crippen LogP contribution in [0.15, 0.2) is 59.8 Å². The normalized spacial score (nSPS) is 16.2. The number of likely N-dealkylation sites (tertiary alicyclic amines) is 1. The van der Waals surface area contributed by atoms with Crippen molar-refractivity contribution in [1.82, 2.24) is 19.1 Å². The third kappa shape index (κ3) is 2.99. The lowest BCUT2D eigenvalue weighted by atomic mass is 9.74. The van der Waals surface area contributed by atoms with E-state index in [4.69, 9.17) is 0 Å². The summed E-state index contributed by atoms with van der Waals surface area (Å²) in [5, 5.41) is 13.8. The van der Waals surface area contributed by atoms with E-state index >= 15 is 0 Å². The molecule has 1 aliphatic rings. The molecule has 3 aromatic rings. The summed E-state index contributed by atoms with van der Waals surface area (Å²) in [6, 6.07) is 15.7. The lowest BCUT2D eigenvalue weighted by Crippen LogP contribution is -2.46. The predicted octanol–water partition coefficient (Wildman–Crippen LogP) is 1.58. The van der Waals surface area contributed by atoms with Crippen LogP contribution in [0.2, 0.25) is 0 Å². The molecular formula is C20H19N5O2. The standard InChI is InChI=1S/C20H19N5O2/c21-14-20(16-5-2-1-3-6-16)8-11-23(12-9-20)18(26)13-25-19(27)17-7-4-10-24(17)15-22-25/h1-7,10,15H,8-9,11-13H2. The Labute approximate surface area is 156 Å². The maximum atomic E-state index is 12.7. The van der Waals surface area contributed by atoms with Crippen LogP contribution >= 0.6 is 0 Å². The van der Waals surface area contributed by atoms with E-state index in [1.807, 2.05) is 30.3 Å². The fourth-order valence-corrected chi connectivity index (χ4v) is 3.68. The summed E-state index contributed by atoms with van der Waals surface area (Å²) in [4.78, 5) is 26.8. The van der Waals surface area contributed by atoms with Gasteiger partial charge < -0.3 is 9.30 Å². The van der Waals surface area contributed by atoms with Crippen LogP contribution in [-0.2, 0) is 16.8 Å². The van der Waals surface area contributed by atoms with Crippen molar-refractivity contribution in [3.63, 3.8) is 0 Å². The van der Waals surface area contributed by atoms with E-state index in [-0.39, 0.29) is 18.0 Å². The number of carbonyl (C=O) groups excluding carboxylic acids is 1. The fourth-order valence-electron chi connectivity index (χ4n) is 3.68. The van der Waals surface area contributed by atoms with Crippen molar-refractivity contribution in [2.45, 2.75) is 24.8 Å². The average molecular weight is 361 g/mol. The number of hydrogen-bond acceptors (Lipinski definition) is 4. The smallest absolute Gasteiger partial charge is 0.291 e. The molecule has 4 rings (SSSR count). The van der Waals surface area contributed by atoms with Crippen molar-refractivity contribution in [3.05, 3.63) is 70.9 Å². The van der Waals surface area contributed by atoms with Crippen molar-refractivity contribution in [2.75, 3.05) is 13.1 Å². The summed E-state index contributed by atoms with van der Waals surface area (Å²) in [5.74, 6) is -0.153. The zero-order chi connectivity index (χ0) is 18.9. The Kier molecular flexibility index (Phi) is 4.24. The number of nitriles is 1. The number of fused-ring (bicyclic) bond motifs is 1. The lowest BCUT2D eigenvalue weighted by Gasteiger charge is -2.37. The number of carbonyl (C=O) groups is 1. The van der Waals surface area contributed by atoms with Crippen LogP contribution in [0.25, 0.3) is 5.52 Å². The molecule has 1 amide bonds. The molecule has 3 heterocycles. The number of rotatable bonds is 3. The van der Waals surface area contributed by atoms with Gasteiger partial charge in [0.1, 0.15) is 18.4 Å². The van der Waals surface area contributed by atoms with Gasteiger partial charge in [-0.3, -0.25) is 9.59 Å². The quantitative estimate of drug-likeness (QED) is 0.709. The van der Waals surface area contributed by atoms with Gasteiger partial charge in [-0.15, -0.1) is 0 Å². The molecule has 0 atom stereocenters. The first kappa shape index (κ1) is 17.0. The van der Waals surface area contributed by atoms with Gasteiger partial charge in [-0.2, -0.15) is 10.4 Å². The van der Waals surface area contributed by atoms with E-state index in [0.717, 1.165) is 5.56 Å². The van der Waals surface area contributed by atoms with Crippen LogP contribution < -0.4 is 5.56 Å². The molecule has 1 aliphatic heterocycles. The number of hydrogen-bond donors (Lipinski definition) is 0. The maximum absolute atomic E-state index is 12.7. The molecule has 1 aromatic carbocycles. The number of nitrogens with zero attached hydrogens (tertiary/aromatic N) is 5. The summed E-state index contributed by atoms with van der Waals surface area (Å²) in [6.45, 7) is 0.887. The van der Waals surface area contributed by atoms with Gasteiger partial charge in [0, 0.05) is 19.3 Å². The highest BCUT2D eigenvalue weighted by Crippen LogP contribution is 2.34. The summed E-state index contributed by atoms with van der Waals surface area (Å²) < 4.78 is 2.83. The minimum Gasteiger partial charge on any atom is -0.341 e. The number of piperidine rings is 1. The number of amides is 1. The molecule has 136 valence electrons. The minimum absolute atomic E-state index is 0.0919. The Morgan fingerprint density at radius 2 is 1.89 bits per heavy atom. The minimum atomic E-state index is -0.558. The van der Waals surface area contributed by atoms with Gasteiger partial charge in [0.15, 0.2) is 0 Å². The summed E-state index contributed by atoms with van der Waals surface area (Å²) in [6.07, 6.45) is 4.43. The average Bonchev–Trinajstić information content (AvgIpc) is 3.20. The molecule has 2 aromatic heterocycles. The number of benzene rings is 1. The molecule has 0 radical (unpaired) electrons. The van der Waals surface area contributed by atoms with Crippen molar-refractivity contribution in [2.24, 2.45) is 0 Å². The second kappa shape index (κ2) is 6.72. The lowest BCUT2D eigenvalue weighted by molar-refractivity contribution is -0.133. The van der Waals surface area contributed by atoms with E-state index in [1.165, 1.54) is 11.0 Å². The van der Waals surface area contributed by atoms with E-state index in [2.05, 4.69) is 11.2 Å². The predicted molar refractivity (Wildman–Crippen MR) is 99.0 cm³/mol. The molecule has 0 N–H and O–H groups in total. The molecular weight excluding hydrogens is 342 g/mol. The molecule has 1 fully saturated rings. The van der Waals surface area contributed by atoms with Crippen LogP contribution in [-0.4, -0.2) is 38.1 Å². The first-order valence-electron chi connectivity index (χ1n) is 8.90. The Morgan fingerprint density at radius 1 is 1.15 bits per heavy atom. The Hall–Kier alpha value is -3.40. The zero-order valence-electron chi connectivity index (χ0n) is 14.8. The fraction of sp³-hybridized carbons (Fsp3) is 0.300. The van der Waals surface area contributed by atoms with Gasteiger partial charge in [0.05, 0.1) is 11.5 Å². The SMILES string of the molecule is N#CC1(c2ccccc2)CCN(C(=O)Cn2ncn3cccc3c2=O)CC1.